The van der Waals surface area contributed by atoms with Gasteiger partial charge < -0.3 is 15.3 Å². The van der Waals surface area contributed by atoms with E-state index in [9.17, 15) is 14.4 Å². The van der Waals surface area contributed by atoms with E-state index in [-0.39, 0.29) is 37.7 Å². The van der Waals surface area contributed by atoms with Gasteiger partial charge in [0.2, 0.25) is 5.91 Å². The van der Waals surface area contributed by atoms with Crippen LogP contribution in [0.3, 0.4) is 0 Å². The Kier molecular flexibility index (Phi) is 6.01. The second kappa shape index (κ2) is 7.52. The van der Waals surface area contributed by atoms with E-state index < -0.39 is 5.97 Å². The number of carbonyl (C=O) groups is 3. The van der Waals surface area contributed by atoms with Crippen molar-refractivity contribution in [2.45, 2.75) is 12.8 Å². The molecule has 0 radical (unpaired) electrons. The van der Waals surface area contributed by atoms with Gasteiger partial charge in [0.1, 0.15) is 0 Å². The van der Waals surface area contributed by atoms with Gasteiger partial charge in [0.15, 0.2) is 0 Å². The number of thiophene rings is 1. The highest BCUT2D eigenvalue weighted by atomic mass is 32.1. The molecule has 1 rings (SSSR count). The van der Waals surface area contributed by atoms with E-state index in [0.29, 0.717) is 4.88 Å². The molecule has 0 aliphatic carbocycles. The molecule has 1 heterocycles. The Morgan fingerprint density at radius 3 is 2.68 bits per heavy atom. The summed E-state index contributed by atoms with van der Waals surface area (Å²) in [5.41, 5.74) is 0. The lowest BCUT2D eigenvalue weighted by atomic mass is 10.3. The first kappa shape index (κ1) is 15.2. The molecule has 0 aliphatic heterocycles. The third-order valence-electron chi connectivity index (χ3n) is 2.46. The monoisotopic (exact) mass is 284 g/mol. The number of hydrogen-bond acceptors (Lipinski definition) is 4. The summed E-state index contributed by atoms with van der Waals surface area (Å²) in [6.07, 6.45) is 0.0804. The second-order valence-electron chi connectivity index (χ2n) is 3.94. The van der Waals surface area contributed by atoms with Gasteiger partial charge in [-0.15, -0.1) is 11.3 Å². The van der Waals surface area contributed by atoms with Crippen molar-refractivity contribution in [1.29, 1.82) is 0 Å². The number of aliphatic carboxylic acids is 1. The summed E-state index contributed by atoms with van der Waals surface area (Å²) in [7, 11) is 1.55. The molecule has 0 atom stereocenters. The van der Waals surface area contributed by atoms with Gasteiger partial charge in [0.25, 0.3) is 5.91 Å². The van der Waals surface area contributed by atoms with Crippen molar-refractivity contribution in [2.24, 2.45) is 0 Å². The molecule has 0 unspecified atom stereocenters. The van der Waals surface area contributed by atoms with E-state index in [0.717, 1.165) is 0 Å². The molecule has 0 spiro atoms. The molecule has 104 valence electrons. The summed E-state index contributed by atoms with van der Waals surface area (Å²) in [6, 6.07) is 3.49. The minimum absolute atomic E-state index is 0.0796. The number of hydrogen-bond donors (Lipinski definition) is 2. The van der Waals surface area contributed by atoms with Crippen LogP contribution in [0.4, 0.5) is 0 Å². The van der Waals surface area contributed by atoms with Crippen LogP contribution < -0.4 is 5.32 Å². The number of nitrogens with zero attached hydrogens (tertiary/aromatic N) is 1. The number of carbonyl (C=O) groups excluding carboxylic acids is 2. The number of carboxylic acids is 1. The van der Waals surface area contributed by atoms with Gasteiger partial charge in [-0.2, -0.15) is 0 Å². The smallest absolute Gasteiger partial charge is 0.305 e. The van der Waals surface area contributed by atoms with Crippen molar-refractivity contribution in [1.82, 2.24) is 10.2 Å². The Balaban J connectivity index is 2.23. The first-order valence-corrected chi connectivity index (χ1v) is 6.66. The SMILES string of the molecule is CN(CCC(=O)O)C(=O)CCNC(=O)c1cccs1. The standard InChI is InChI=1S/C12H16N2O4S/c1-14(7-5-11(16)17)10(15)4-6-13-12(18)9-3-2-8-19-9/h2-3,8H,4-7H2,1H3,(H,13,18)(H,16,17). The average Bonchev–Trinajstić information content (AvgIpc) is 2.89. The molecule has 1 aromatic rings. The quantitative estimate of drug-likeness (QED) is 0.775. The molecule has 0 aromatic carbocycles. The largest absolute Gasteiger partial charge is 0.481 e. The highest BCUT2D eigenvalue weighted by Crippen LogP contribution is 2.07. The third-order valence-corrected chi connectivity index (χ3v) is 3.32. The maximum absolute atomic E-state index is 11.6. The molecule has 0 saturated carbocycles. The van der Waals surface area contributed by atoms with Crippen molar-refractivity contribution in [3.8, 4) is 0 Å². The van der Waals surface area contributed by atoms with E-state index in [1.54, 1.807) is 24.6 Å². The van der Waals surface area contributed by atoms with Crippen LogP contribution in [0.25, 0.3) is 0 Å². The van der Waals surface area contributed by atoms with Crippen LogP contribution in [-0.2, 0) is 9.59 Å². The number of rotatable bonds is 7. The fraction of sp³-hybridized carbons (Fsp3) is 0.417. The van der Waals surface area contributed by atoms with Crippen molar-refractivity contribution < 1.29 is 19.5 Å². The summed E-state index contributed by atoms with van der Waals surface area (Å²) in [4.78, 5) is 35.5. The highest BCUT2D eigenvalue weighted by molar-refractivity contribution is 7.12. The van der Waals surface area contributed by atoms with Crippen LogP contribution in [-0.4, -0.2) is 47.9 Å². The molecule has 2 amide bonds. The van der Waals surface area contributed by atoms with Gasteiger partial charge in [-0.1, -0.05) is 6.07 Å². The minimum Gasteiger partial charge on any atom is -0.481 e. The molecule has 0 aliphatic rings. The highest BCUT2D eigenvalue weighted by Gasteiger charge is 2.11. The lowest BCUT2D eigenvalue weighted by Crippen LogP contribution is -2.33. The molecule has 19 heavy (non-hydrogen) atoms. The van der Waals surface area contributed by atoms with E-state index in [2.05, 4.69) is 5.32 Å². The van der Waals surface area contributed by atoms with Gasteiger partial charge in [0, 0.05) is 26.6 Å². The van der Waals surface area contributed by atoms with Crippen molar-refractivity contribution in [2.75, 3.05) is 20.1 Å². The van der Waals surface area contributed by atoms with Gasteiger partial charge in [-0.05, 0) is 11.4 Å². The van der Waals surface area contributed by atoms with Crippen LogP contribution in [0, 0.1) is 0 Å². The topological polar surface area (TPSA) is 86.7 Å². The normalized spacial score (nSPS) is 9.95. The predicted octanol–water partition coefficient (Wildman–Crippen LogP) is 0.801. The first-order valence-electron chi connectivity index (χ1n) is 5.78. The van der Waals surface area contributed by atoms with Crippen LogP contribution >= 0.6 is 11.3 Å². The molecular formula is C12H16N2O4S. The van der Waals surface area contributed by atoms with Gasteiger partial charge in [-0.25, -0.2) is 0 Å². The Morgan fingerprint density at radius 1 is 1.37 bits per heavy atom. The van der Waals surface area contributed by atoms with Gasteiger partial charge in [0.05, 0.1) is 11.3 Å². The molecule has 7 heteroatoms. The lowest BCUT2D eigenvalue weighted by Gasteiger charge is -2.15. The summed E-state index contributed by atoms with van der Waals surface area (Å²) in [5.74, 6) is -1.32. The first-order chi connectivity index (χ1) is 9.00. The predicted molar refractivity (Wildman–Crippen MR) is 71.2 cm³/mol. The number of carboxylic acid groups (broad SMARTS) is 1. The molecule has 2 N–H and O–H groups in total. The zero-order valence-electron chi connectivity index (χ0n) is 10.6. The number of nitrogens with one attached hydrogen (secondary N) is 1. The van der Waals surface area contributed by atoms with Crippen LogP contribution in [0.5, 0.6) is 0 Å². The summed E-state index contributed by atoms with van der Waals surface area (Å²) in [6.45, 7) is 0.417. The molecule has 6 nitrogen and oxygen atoms in total. The van der Waals surface area contributed by atoms with Gasteiger partial charge in [-0.3, -0.25) is 14.4 Å². The Labute approximate surface area is 115 Å². The van der Waals surface area contributed by atoms with Crippen molar-refractivity contribution >= 4 is 29.1 Å². The van der Waals surface area contributed by atoms with E-state index >= 15 is 0 Å². The molecule has 0 saturated heterocycles. The summed E-state index contributed by atoms with van der Waals surface area (Å²) in [5, 5.41) is 13.0. The molecule has 0 fully saturated rings. The van der Waals surface area contributed by atoms with E-state index in [4.69, 9.17) is 5.11 Å². The van der Waals surface area contributed by atoms with Crippen LogP contribution in [0.1, 0.15) is 22.5 Å². The van der Waals surface area contributed by atoms with Crippen molar-refractivity contribution in [3.05, 3.63) is 22.4 Å². The fourth-order valence-electron chi connectivity index (χ4n) is 1.36. The Bertz CT molecular complexity index is 445. The van der Waals surface area contributed by atoms with Crippen LogP contribution in [0.15, 0.2) is 17.5 Å². The van der Waals surface area contributed by atoms with Gasteiger partial charge >= 0.3 is 5.97 Å². The Hall–Kier alpha value is -1.89. The zero-order valence-corrected chi connectivity index (χ0v) is 11.4. The van der Waals surface area contributed by atoms with E-state index in [1.165, 1.54) is 16.2 Å². The van der Waals surface area contributed by atoms with E-state index in [1.807, 2.05) is 0 Å². The Morgan fingerprint density at radius 2 is 2.11 bits per heavy atom. The summed E-state index contributed by atoms with van der Waals surface area (Å²) >= 11 is 1.33. The zero-order chi connectivity index (χ0) is 14.3. The average molecular weight is 284 g/mol. The van der Waals surface area contributed by atoms with Crippen molar-refractivity contribution in [3.63, 3.8) is 0 Å². The second-order valence-corrected chi connectivity index (χ2v) is 4.89. The molecule has 0 bridgehead atoms. The fourth-order valence-corrected chi connectivity index (χ4v) is 2.00. The number of amides is 2. The summed E-state index contributed by atoms with van der Waals surface area (Å²) < 4.78 is 0. The minimum atomic E-state index is -0.939. The third kappa shape index (κ3) is 5.52. The molecule has 1 aromatic heterocycles. The maximum Gasteiger partial charge on any atom is 0.305 e. The van der Waals surface area contributed by atoms with Crippen LogP contribution in [0.2, 0.25) is 0 Å². The lowest BCUT2D eigenvalue weighted by molar-refractivity contribution is -0.138. The molecular weight excluding hydrogens is 268 g/mol. The maximum atomic E-state index is 11.6.